The van der Waals surface area contributed by atoms with Crippen LogP contribution in [0, 0.1) is 13.8 Å². The second kappa shape index (κ2) is 7.85. The number of thiophene rings is 1. The third-order valence-electron chi connectivity index (χ3n) is 4.86. The Bertz CT molecular complexity index is 1570. The van der Waals surface area contributed by atoms with Crippen LogP contribution in [0.2, 0.25) is 5.02 Å². The molecule has 5 heterocycles. The number of ether oxygens (including phenoxy) is 1. The SMILES string of the molecule is Cc1ccc(-c2cc(C(=O)OCc3cc(=O)n4cc(Cl)ccc4n3)c3c(C)noc3n2)s1. The molecule has 5 aromatic rings. The second-order valence-corrected chi connectivity index (χ2v) is 8.88. The van der Waals surface area contributed by atoms with Crippen LogP contribution in [0.15, 0.2) is 51.9 Å². The fraction of sp³-hybridized carbons (Fsp3) is 0.136. The van der Waals surface area contributed by atoms with Crippen molar-refractivity contribution in [3.8, 4) is 10.6 Å². The van der Waals surface area contributed by atoms with E-state index in [1.54, 1.807) is 36.5 Å². The summed E-state index contributed by atoms with van der Waals surface area (Å²) in [6.07, 6.45) is 1.48. The van der Waals surface area contributed by atoms with Crippen LogP contribution in [0.3, 0.4) is 0 Å². The first-order chi connectivity index (χ1) is 15.4. The first kappa shape index (κ1) is 20.3. The molecule has 160 valence electrons. The lowest BCUT2D eigenvalue weighted by Crippen LogP contribution is -2.16. The number of halogens is 1. The highest BCUT2D eigenvalue weighted by molar-refractivity contribution is 7.15. The molecular weight excluding hydrogens is 452 g/mol. The number of aryl methyl sites for hydroxylation is 2. The molecule has 0 aliphatic carbocycles. The molecule has 10 heteroatoms. The van der Waals surface area contributed by atoms with Gasteiger partial charge in [0.15, 0.2) is 0 Å². The zero-order valence-corrected chi connectivity index (χ0v) is 18.5. The average Bonchev–Trinajstić information content (AvgIpc) is 3.37. The summed E-state index contributed by atoms with van der Waals surface area (Å²) in [5.41, 5.74) is 2.10. The van der Waals surface area contributed by atoms with Crippen molar-refractivity contribution in [2.45, 2.75) is 20.5 Å². The lowest BCUT2D eigenvalue weighted by Gasteiger charge is -2.08. The Labute approximate surface area is 190 Å². The zero-order valence-electron chi connectivity index (χ0n) is 17.0. The lowest BCUT2D eigenvalue weighted by molar-refractivity contribution is 0.0470. The minimum absolute atomic E-state index is 0.172. The Morgan fingerprint density at radius 3 is 2.81 bits per heavy atom. The smallest absolute Gasteiger partial charge is 0.339 e. The Morgan fingerprint density at radius 2 is 2.03 bits per heavy atom. The van der Waals surface area contributed by atoms with Crippen LogP contribution in [-0.4, -0.2) is 25.5 Å². The van der Waals surface area contributed by atoms with E-state index in [1.165, 1.54) is 16.7 Å². The largest absolute Gasteiger partial charge is 0.456 e. The van der Waals surface area contributed by atoms with E-state index in [0.717, 1.165) is 9.75 Å². The van der Waals surface area contributed by atoms with E-state index in [9.17, 15) is 9.59 Å². The number of fused-ring (bicyclic) bond motifs is 2. The fourth-order valence-electron chi connectivity index (χ4n) is 3.37. The number of aromatic nitrogens is 4. The van der Waals surface area contributed by atoms with Crippen molar-refractivity contribution in [2.75, 3.05) is 0 Å². The van der Waals surface area contributed by atoms with Gasteiger partial charge in [0.05, 0.1) is 37.9 Å². The summed E-state index contributed by atoms with van der Waals surface area (Å²) in [6.45, 7) is 3.55. The van der Waals surface area contributed by atoms with Gasteiger partial charge in [-0.25, -0.2) is 14.8 Å². The van der Waals surface area contributed by atoms with Gasteiger partial charge in [-0.2, -0.15) is 0 Å². The molecule has 0 fully saturated rings. The molecule has 0 aliphatic rings. The van der Waals surface area contributed by atoms with E-state index in [1.807, 2.05) is 19.1 Å². The van der Waals surface area contributed by atoms with Crippen LogP contribution in [-0.2, 0) is 11.3 Å². The van der Waals surface area contributed by atoms with Crippen molar-refractivity contribution in [1.29, 1.82) is 0 Å². The molecule has 0 unspecified atom stereocenters. The first-order valence-corrected chi connectivity index (χ1v) is 10.8. The fourth-order valence-corrected chi connectivity index (χ4v) is 4.36. The van der Waals surface area contributed by atoms with Crippen LogP contribution in [0.1, 0.15) is 26.6 Å². The van der Waals surface area contributed by atoms with Gasteiger partial charge in [-0.15, -0.1) is 11.3 Å². The average molecular weight is 467 g/mol. The number of carbonyl (C=O) groups excluding carboxylic acids is 1. The molecular formula is C22H15ClN4O4S. The van der Waals surface area contributed by atoms with Gasteiger partial charge in [0.1, 0.15) is 12.3 Å². The van der Waals surface area contributed by atoms with Gasteiger partial charge in [0.2, 0.25) is 0 Å². The van der Waals surface area contributed by atoms with Gasteiger partial charge in [-0.1, -0.05) is 16.8 Å². The van der Waals surface area contributed by atoms with Gasteiger partial charge in [0.25, 0.3) is 11.3 Å². The number of carbonyl (C=O) groups is 1. The number of hydrogen-bond acceptors (Lipinski definition) is 8. The molecule has 0 saturated carbocycles. The molecule has 0 aromatic carbocycles. The second-order valence-electron chi connectivity index (χ2n) is 7.15. The van der Waals surface area contributed by atoms with Gasteiger partial charge in [-0.3, -0.25) is 9.20 Å². The number of rotatable bonds is 4. The van der Waals surface area contributed by atoms with E-state index >= 15 is 0 Å². The molecule has 8 nitrogen and oxygen atoms in total. The summed E-state index contributed by atoms with van der Waals surface area (Å²) >= 11 is 7.49. The maximum absolute atomic E-state index is 13.0. The van der Waals surface area contributed by atoms with E-state index in [4.69, 9.17) is 20.9 Å². The van der Waals surface area contributed by atoms with Crippen molar-refractivity contribution in [1.82, 2.24) is 19.5 Å². The number of nitrogens with zero attached hydrogens (tertiary/aromatic N) is 4. The summed E-state index contributed by atoms with van der Waals surface area (Å²) in [4.78, 5) is 36.3. The normalized spacial score (nSPS) is 11.3. The summed E-state index contributed by atoms with van der Waals surface area (Å²) in [7, 11) is 0. The monoisotopic (exact) mass is 466 g/mol. The highest BCUT2D eigenvalue weighted by atomic mass is 35.5. The lowest BCUT2D eigenvalue weighted by atomic mass is 10.1. The third kappa shape index (κ3) is 3.65. The third-order valence-corrected chi connectivity index (χ3v) is 6.10. The predicted octanol–water partition coefficient (Wildman–Crippen LogP) is 4.59. The first-order valence-electron chi connectivity index (χ1n) is 9.58. The van der Waals surface area contributed by atoms with Gasteiger partial charge >= 0.3 is 5.97 Å². The van der Waals surface area contributed by atoms with Crippen molar-refractivity contribution < 1.29 is 14.1 Å². The molecule has 0 spiro atoms. The topological polar surface area (TPSA) is 99.6 Å². The van der Waals surface area contributed by atoms with Crippen LogP contribution >= 0.6 is 22.9 Å². The Morgan fingerprint density at radius 1 is 1.19 bits per heavy atom. The maximum Gasteiger partial charge on any atom is 0.339 e. The molecule has 0 aliphatic heterocycles. The highest BCUT2D eigenvalue weighted by Crippen LogP contribution is 2.31. The van der Waals surface area contributed by atoms with E-state index in [0.29, 0.717) is 38.7 Å². The molecule has 0 radical (unpaired) electrons. The summed E-state index contributed by atoms with van der Waals surface area (Å²) in [6, 6.07) is 10.2. The van der Waals surface area contributed by atoms with E-state index in [2.05, 4.69) is 15.1 Å². The Balaban J connectivity index is 1.48. The standard InChI is InChI=1S/C22H15ClN4O4S/c1-11-3-5-17(32-11)16-8-15(20-12(2)26-31-21(20)25-16)22(29)30-10-14-7-19(28)27-9-13(23)4-6-18(27)24-14/h3-9H,10H2,1-2H3. The minimum atomic E-state index is -0.587. The molecule has 0 bridgehead atoms. The van der Waals surface area contributed by atoms with Crippen molar-refractivity contribution in [3.05, 3.63) is 79.8 Å². The number of pyridine rings is 2. The zero-order chi connectivity index (χ0) is 22.4. The molecule has 0 amide bonds. The van der Waals surface area contributed by atoms with Crippen molar-refractivity contribution in [3.63, 3.8) is 0 Å². The quantitative estimate of drug-likeness (QED) is 0.357. The van der Waals surface area contributed by atoms with Gasteiger partial charge in [0, 0.05) is 17.1 Å². The summed E-state index contributed by atoms with van der Waals surface area (Å²) < 4.78 is 12.1. The maximum atomic E-state index is 13.0. The van der Waals surface area contributed by atoms with Crippen molar-refractivity contribution >= 4 is 45.7 Å². The van der Waals surface area contributed by atoms with Crippen LogP contribution < -0.4 is 5.56 Å². The number of esters is 1. The molecule has 32 heavy (non-hydrogen) atoms. The minimum Gasteiger partial charge on any atom is -0.456 e. The van der Waals surface area contributed by atoms with Gasteiger partial charge in [-0.05, 0) is 44.2 Å². The van der Waals surface area contributed by atoms with E-state index < -0.39 is 5.97 Å². The molecule has 5 rings (SSSR count). The molecule has 0 N–H and O–H groups in total. The van der Waals surface area contributed by atoms with Crippen LogP contribution in [0.4, 0.5) is 0 Å². The predicted molar refractivity (Wildman–Crippen MR) is 120 cm³/mol. The van der Waals surface area contributed by atoms with Crippen LogP contribution in [0.25, 0.3) is 27.3 Å². The molecule has 5 aromatic heterocycles. The summed E-state index contributed by atoms with van der Waals surface area (Å²) in [5, 5.41) is 4.85. The van der Waals surface area contributed by atoms with E-state index in [-0.39, 0.29) is 17.9 Å². The Kier molecular flexibility index (Phi) is 4.99. The van der Waals surface area contributed by atoms with Gasteiger partial charge < -0.3 is 9.26 Å². The van der Waals surface area contributed by atoms with Crippen molar-refractivity contribution in [2.24, 2.45) is 0 Å². The summed E-state index contributed by atoms with van der Waals surface area (Å²) in [5.74, 6) is -0.587. The Hall–Kier alpha value is -3.56. The number of hydrogen-bond donors (Lipinski definition) is 0. The highest BCUT2D eigenvalue weighted by Gasteiger charge is 2.21. The molecule has 0 saturated heterocycles. The molecule has 0 atom stereocenters. The van der Waals surface area contributed by atoms with Crippen LogP contribution in [0.5, 0.6) is 0 Å².